The van der Waals surface area contributed by atoms with E-state index in [-0.39, 0.29) is 10.9 Å². The molecule has 0 bridgehead atoms. The number of nitrogens with zero attached hydrogens (tertiary/aromatic N) is 1. The molecule has 0 aliphatic heterocycles. The third kappa shape index (κ3) is 1.43. The number of hydrogen-bond acceptors (Lipinski definition) is 3. The van der Waals surface area contributed by atoms with Crippen molar-refractivity contribution in [1.29, 1.82) is 0 Å². The van der Waals surface area contributed by atoms with Gasteiger partial charge in [0.2, 0.25) is 5.22 Å². The van der Waals surface area contributed by atoms with Crippen molar-refractivity contribution in [2.45, 2.75) is 0 Å². The minimum Gasteiger partial charge on any atom is -0.344 e. The molecule has 0 fully saturated rings. The molecule has 5 heteroatoms. The summed E-state index contributed by atoms with van der Waals surface area (Å²) in [6.45, 7) is 0. The molecule has 1 rings (SSSR count). The van der Waals surface area contributed by atoms with Crippen LogP contribution in [-0.2, 0) is 0 Å². The van der Waals surface area contributed by atoms with Crippen LogP contribution in [0.3, 0.4) is 0 Å². The van der Waals surface area contributed by atoms with Crippen molar-refractivity contribution in [1.82, 2.24) is 5.16 Å². The lowest BCUT2D eigenvalue weighted by atomic mass is 10.5. The fourth-order valence-corrected chi connectivity index (χ4v) is 0.573. The Balaban J connectivity index is 2.98. The lowest BCUT2D eigenvalue weighted by Gasteiger charge is -1.73. The van der Waals surface area contributed by atoms with Crippen LogP contribution < -0.4 is 0 Å². The smallest absolute Gasteiger partial charge is 0.274 e. The normalized spacial score (nSPS) is 9.56. The zero-order chi connectivity index (χ0) is 6.85. The molecule has 0 spiro atoms. The maximum Gasteiger partial charge on any atom is 0.274 e. The van der Waals surface area contributed by atoms with Crippen LogP contribution in [0.15, 0.2) is 10.6 Å². The van der Waals surface area contributed by atoms with Crippen LogP contribution in [0.2, 0.25) is 5.22 Å². The highest BCUT2D eigenvalue weighted by atomic mass is 35.5. The second kappa shape index (κ2) is 2.37. The van der Waals surface area contributed by atoms with Gasteiger partial charge in [0, 0.05) is 6.07 Å². The maximum atomic E-state index is 10.2. The summed E-state index contributed by atoms with van der Waals surface area (Å²) in [4.78, 5) is 10.2. The molecule has 0 aliphatic carbocycles. The Kier molecular flexibility index (Phi) is 1.73. The summed E-state index contributed by atoms with van der Waals surface area (Å²) in [5.41, 5.74) is 0.0293. The fraction of sp³-hybridized carbons (Fsp3) is 0. The molecule has 1 heterocycles. The van der Waals surface area contributed by atoms with E-state index in [4.69, 9.17) is 23.2 Å². The van der Waals surface area contributed by atoms with Gasteiger partial charge in [-0.2, -0.15) is 0 Å². The van der Waals surface area contributed by atoms with Crippen molar-refractivity contribution in [3.63, 3.8) is 0 Å². The van der Waals surface area contributed by atoms with Gasteiger partial charge in [0.1, 0.15) is 0 Å². The SMILES string of the molecule is O=C(Cl)c1cc(Cl)on1. The Bertz CT molecular complexity index is 232. The average Bonchev–Trinajstić information content (AvgIpc) is 2.14. The van der Waals surface area contributed by atoms with Crippen LogP contribution >= 0.6 is 23.2 Å². The van der Waals surface area contributed by atoms with E-state index in [1.54, 1.807) is 0 Å². The zero-order valence-corrected chi connectivity index (χ0v) is 5.61. The summed E-state index contributed by atoms with van der Waals surface area (Å²) in [7, 11) is 0. The summed E-state index contributed by atoms with van der Waals surface area (Å²) < 4.78 is 4.34. The van der Waals surface area contributed by atoms with E-state index in [2.05, 4.69) is 9.68 Å². The highest BCUT2D eigenvalue weighted by Crippen LogP contribution is 2.10. The number of carbonyl (C=O) groups is 1. The monoisotopic (exact) mass is 165 g/mol. The van der Waals surface area contributed by atoms with Gasteiger partial charge >= 0.3 is 0 Å². The topological polar surface area (TPSA) is 43.1 Å². The van der Waals surface area contributed by atoms with Crippen molar-refractivity contribution < 1.29 is 9.32 Å². The number of rotatable bonds is 1. The van der Waals surface area contributed by atoms with Gasteiger partial charge in [0.15, 0.2) is 5.69 Å². The summed E-state index contributed by atoms with van der Waals surface area (Å²) >= 11 is 10.3. The standard InChI is InChI=1S/C4HCl2NO2/c5-3-1-2(4(6)8)7-9-3/h1H. The molecule has 0 atom stereocenters. The Hall–Kier alpha value is -0.540. The molecule has 0 aromatic carbocycles. The Morgan fingerprint density at radius 3 is 2.67 bits per heavy atom. The molecule has 0 radical (unpaired) electrons. The summed E-state index contributed by atoms with van der Waals surface area (Å²) in [6, 6.07) is 1.25. The van der Waals surface area contributed by atoms with Crippen LogP contribution in [0.4, 0.5) is 0 Å². The van der Waals surface area contributed by atoms with Crippen molar-refractivity contribution >= 4 is 28.4 Å². The second-order valence-corrected chi connectivity index (χ2v) is 2.01. The third-order valence-corrected chi connectivity index (χ3v) is 1.05. The van der Waals surface area contributed by atoms with E-state index in [0.29, 0.717) is 0 Å². The molecule has 48 valence electrons. The van der Waals surface area contributed by atoms with Crippen LogP contribution in [0.1, 0.15) is 10.5 Å². The van der Waals surface area contributed by atoms with E-state index < -0.39 is 5.24 Å². The third-order valence-electron chi connectivity index (χ3n) is 0.683. The van der Waals surface area contributed by atoms with Crippen LogP contribution in [0.25, 0.3) is 0 Å². The minimum atomic E-state index is -0.675. The summed E-state index contributed by atoms with van der Waals surface area (Å²) in [6.07, 6.45) is 0. The molecular weight excluding hydrogens is 165 g/mol. The van der Waals surface area contributed by atoms with Crippen LogP contribution in [0, 0.1) is 0 Å². The van der Waals surface area contributed by atoms with Gasteiger partial charge in [0.05, 0.1) is 0 Å². The van der Waals surface area contributed by atoms with E-state index >= 15 is 0 Å². The highest BCUT2D eigenvalue weighted by molar-refractivity contribution is 6.67. The summed E-state index contributed by atoms with van der Waals surface area (Å²) in [5, 5.41) is 2.61. The number of hydrogen-bond donors (Lipinski definition) is 0. The average molecular weight is 166 g/mol. The quantitative estimate of drug-likeness (QED) is 0.596. The van der Waals surface area contributed by atoms with E-state index in [0.717, 1.165) is 0 Å². The van der Waals surface area contributed by atoms with Gasteiger partial charge in [-0.15, -0.1) is 0 Å². The first-order valence-corrected chi connectivity index (χ1v) is 2.78. The Labute approximate surface area is 60.5 Å². The van der Waals surface area contributed by atoms with Gasteiger partial charge in [-0.3, -0.25) is 4.79 Å². The highest BCUT2D eigenvalue weighted by Gasteiger charge is 2.06. The lowest BCUT2D eigenvalue weighted by Crippen LogP contribution is -1.85. The first-order valence-electron chi connectivity index (χ1n) is 2.02. The number of carbonyl (C=O) groups excluding carboxylic acids is 1. The summed E-state index contributed by atoms with van der Waals surface area (Å²) in [5.74, 6) is 0. The Morgan fingerprint density at radius 1 is 1.78 bits per heavy atom. The van der Waals surface area contributed by atoms with Gasteiger partial charge in [0.25, 0.3) is 5.24 Å². The molecule has 1 aromatic heterocycles. The zero-order valence-electron chi connectivity index (χ0n) is 4.10. The largest absolute Gasteiger partial charge is 0.344 e. The molecule has 0 aliphatic rings. The van der Waals surface area contributed by atoms with E-state index in [1.807, 2.05) is 0 Å². The van der Waals surface area contributed by atoms with Crippen molar-refractivity contribution in [3.8, 4) is 0 Å². The molecule has 0 unspecified atom stereocenters. The van der Waals surface area contributed by atoms with Crippen LogP contribution in [-0.4, -0.2) is 10.4 Å². The molecular formula is C4HCl2NO2. The van der Waals surface area contributed by atoms with Crippen molar-refractivity contribution in [2.75, 3.05) is 0 Å². The van der Waals surface area contributed by atoms with Crippen LogP contribution in [0.5, 0.6) is 0 Å². The predicted molar refractivity (Wildman–Crippen MR) is 31.7 cm³/mol. The molecule has 0 amide bonds. The maximum absolute atomic E-state index is 10.2. The van der Waals surface area contributed by atoms with E-state index in [9.17, 15) is 4.79 Å². The molecule has 1 aromatic rings. The molecule has 9 heavy (non-hydrogen) atoms. The van der Waals surface area contributed by atoms with Crippen molar-refractivity contribution in [2.24, 2.45) is 0 Å². The molecule has 0 saturated heterocycles. The number of halogens is 2. The van der Waals surface area contributed by atoms with Gasteiger partial charge in [-0.1, -0.05) is 5.16 Å². The first kappa shape index (κ1) is 6.58. The second-order valence-electron chi connectivity index (χ2n) is 1.29. The fourth-order valence-electron chi connectivity index (χ4n) is 0.346. The molecule has 0 saturated carbocycles. The molecule has 3 nitrogen and oxygen atoms in total. The van der Waals surface area contributed by atoms with E-state index in [1.165, 1.54) is 6.07 Å². The predicted octanol–water partition coefficient (Wildman–Crippen LogP) is 1.71. The molecule has 0 N–H and O–H groups in total. The van der Waals surface area contributed by atoms with Gasteiger partial charge in [-0.25, -0.2) is 0 Å². The van der Waals surface area contributed by atoms with Gasteiger partial charge < -0.3 is 4.52 Å². The van der Waals surface area contributed by atoms with Gasteiger partial charge in [-0.05, 0) is 23.2 Å². The Morgan fingerprint density at radius 2 is 2.44 bits per heavy atom. The first-order chi connectivity index (χ1) is 4.20. The lowest BCUT2D eigenvalue weighted by molar-refractivity contribution is 0.107. The number of aromatic nitrogens is 1. The minimum absolute atomic E-state index is 0.0293. The van der Waals surface area contributed by atoms with Crippen molar-refractivity contribution in [3.05, 3.63) is 17.0 Å².